The Hall–Kier alpha value is -0.390. The molecule has 0 spiro atoms. The van der Waals surface area contributed by atoms with Crippen LogP contribution in [0.4, 0.5) is 0 Å². The standard InChI is InChI=1S/C9H11IN2O/c10-7-5-11-12(6-7)8-3-1-2-4-9(8)13/h5-6,8H,1-4H2. The van der Waals surface area contributed by atoms with E-state index in [-0.39, 0.29) is 6.04 Å². The number of hydrogen-bond acceptors (Lipinski definition) is 2. The normalized spacial score (nSPS) is 23.5. The van der Waals surface area contributed by atoms with Crippen molar-refractivity contribution < 1.29 is 4.79 Å². The predicted molar refractivity (Wildman–Crippen MR) is 57.5 cm³/mol. The molecule has 0 aliphatic heterocycles. The number of aromatic nitrogens is 2. The van der Waals surface area contributed by atoms with Crippen LogP contribution < -0.4 is 0 Å². The summed E-state index contributed by atoms with van der Waals surface area (Å²) in [5.74, 6) is 0.339. The van der Waals surface area contributed by atoms with Crippen molar-refractivity contribution in [3.05, 3.63) is 16.0 Å². The van der Waals surface area contributed by atoms with Gasteiger partial charge in [0.05, 0.1) is 9.77 Å². The summed E-state index contributed by atoms with van der Waals surface area (Å²) >= 11 is 2.21. The highest BCUT2D eigenvalue weighted by molar-refractivity contribution is 14.1. The van der Waals surface area contributed by atoms with E-state index in [0.717, 1.165) is 29.3 Å². The minimum absolute atomic E-state index is 0.0114. The first-order valence-corrected chi connectivity index (χ1v) is 5.57. The highest BCUT2D eigenvalue weighted by atomic mass is 127. The smallest absolute Gasteiger partial charge is 0.157 e. The fourth-order valence-electron chi connectivity index (χ4n) is 1.73. The minimum Gasteiger partial charge on any atom is -0.297 e. The summed E-state index contributed by atoms with van der Waals surface area (Å²) in [7, 11) is 0. The lowest BCUT2D eigenvalue weighted by atomic mass is 9.94. The van der Waals surface area contributed by atoms with Crippen LogP contribution in [0.25, 0.3) is 0 Å². The molecular formula is C9H11IN2O. The lowest BCUT2D eigenvalue weighted by molar-refractivity contribution is -0.124. The first-order valence-electron chi connectivity index (χ1n) is 4.50. The van der Waals surface area contributed by atoms with Gasteiger partial charge in [0.25, 0.3) is 0 Å². The van der Waals surface area contributed by atoms with Crippen molar-refractivity contribution in [3.63, 3.8) is 0 Å². The second-order valence-electron chi connectivity index (χ2n) is 3.37. The topological polar surface area (TPSA) is 34.9 Å². The van der Waals surface area contributed by atoms with E-state index in [1.807, 2.05) is 10.9 Å². The SMILES string of the molecule is O=C1CCCCC1n1cc(I)cn1. The summed E-state index contributed by atoms with van der Waals surface area (Å²) < 4.78 is 2.90. The number of ketones is 1. The highest BCUT2D eigenvalue weighted by Gasteiger charge is 2.23. The zero-order valence-electron chi connectivity index (χ0n) is 7.24. The monoisotopic (exact) mass is 290 g/mol. The number of halogens is 1. The van der Waals surface area contributed by atoms with E-state index in [1.54, 1.807) is 6.20 Å². The van der Waals surface area contributed by atoms with E-state index in [0.29, 0.717) is 5.78 Å². The third kappa shape index (κ3) is 1.92. The molecule has 2 rings (SSSR count). The van der Waals surface area contributed by atoms with Gasteiger partial charge in [-0.2, -0.15) is 5.10 Å². The van der Waals surface area contributed by atoms with Gasteiger partial charge in [0.15, 0.2) is 5.78 Å². The Balaban J connectivity index is 2.19. The number of Topliss-reactive ketones (excluding diaryl/α,β-unsaturated/α-hetero) is 1. The first kappa shape index (κ1) is 9.18. The Kier molecular flexibility index (Phi) is 2.66. The Morgan fingerprint density at radius 1 is 1.54 bits per heavy atom. The molecule has 0 saturated heterocycles. The van der Waals surface area contributed by atoms with Gasteiger partial charge >= 0.3 is 0 Å². The average molecular weight is 290 g/mol. The second kappa shape index (κ2) is 3.77. The summed E-state index contributed by atoms with van der Waals surface area (Å²) in [5.41, 5.74) is 0. The first-order chi connectivity index (χ1) is 6.27. The van der Waals surface area contributed by atoms with E-state index in [1.165, 1.54) is 0 Å². The molecule has 1 heterocycles. The molecule has 1 fully saturated rings. The second-order valence-corrected chi connectivity index (χ2v) is 4.61. The molecular weight excluding hydrogens is 279 g/mol. The molecule has 0 aromatic carbocycles. The van der Waals surface area contributed by atoms with E-state index in [9.17, 15) is 4.79 Å². The summed E-state index contributed by atoms with van der Waals surface area (Å²) in [6.07, 6.45) is 7.61. The van der Waals surface area contributed by atoms with Crippen molar-refractivity contribution >= 4 is 28.4 Å². The molecule has 0 radical (unpaired) electrons. The van der Waals surface area contributed by atoms with Crippen molar-refractivity contribution in [2.24, 2.45) is 0 Å². The maximum Gasteiger partial charge on any atom is 0.157 e. The lowest BCUT2D eigenvalue weighted by Crippen LogP contribution is -2.23. The molecule has 0 N–H and O–H groups in total. The maximum atomic E-state index is 11.5. The van der Waals surface area contributed by atoms with Crippen LogP contribution in [0.5, 0.6) is 0 Å². The molecule has 1 atom stereocenters. The molecule has 13 heavy (non-hydrogen) atoms. The molecule has 1 aromatic rings. The Labute approximate surface area is 90.6 Å². The largest absolute Gasteiger partial charge is 0.297 e. The number of rotatable bonds is 1. The summed E-state index contributed by atoms with van der Waals surface area (Å²) in [4.78, 5) is 11.5. The molecule has 4 heteroatoms. The number of hydrogen-bond donors (Lipinski definition) is 0. The summed E-state index contributed by atoms with van der Waals surface area (Å²) in [6.45, 7) is 0. The van der Waals surface area contributed by atoms with Crippen LogP contribution in [0.3, 0.4) is 0 Å². The molecule has 3 nitrogen and oxygen atoms in total. The van der Waals surface area contributed by atoms with Crippen LogP contribution in [-0.4, -0.2) is 15.6 Å². The molecule has 70 valence electrons. The molecule has 1 aliphatic carbocycles. The highest BCUT2D eigenvalue weighted by Crippen LogP contribution is 2.24. The fourth-order valence-corrected chi connectivity index (χ4v) is 2.14. The van der Waals surface area contributed by atoms with Crippen molar-refractivity contribution in [1.29, 1.82) is 0 Å². The van der Waals surface area contributed by atoms with Gasteiger partial charge < -0.3 is 0 Å². The molecule has 1 aromatic heterocycles. The molecule has 1 unspecified atom stereocenters. The van der Waals surface area contributed by atoms with Gasteiger partial charge in [-0.3, -0.25) is 9.48 Å². The molecule has 1 aliphatic rings. The van der Waals surface area contributed by atoms with Gasteiger partial charge in [0.2, 0.25) is 0 Å². The van der Waals surface area contributed by atoms with Crippen LogP contribution in [0.15, 0.2) is 12.4 Å². The summed E-state index contributed by atoms with van der Waals surface area (Å²) in [5, 5.41) is 4.18. The minimum atomic E-state index is 0.0114. The Morgan fingerprint density at radius 2 is 2.38 bits per heavy atom. The van der Waals surface area contributed by atoms with Crippen molar-refractivity contribution in [1.82, 2.24) is 9.78 Å². The van der Waals surface area contributed by atoms with Crippen molar-refractivity contribution in [2.75, 3.05) is 0 Å². The van der Waals surface area contributed by atoms with Crippen molar-refractivity contribution in [3.8, 4) is 0 Å². The van der Waals surface area contributed by atoms with E-state index >= 15 is 0 Å². The molecule has 1 saturated carbocycles. The Bertz CT molecular complexity index is 321. The summed E-state index contributed by atoms with van der Waals surface area (Å²) in [6, 6.07) is 0.0114. The molecule has 0 amide bonds. The van der Waals surface area contributed by atoms with Crippen LogP contribution in [0.2, 0.25) is 0 Å². The van der Waals surface area contributed by atoms with Gasteiger partial charge in [-0.05, 0) is 35.4 Å². The number of carbonyl (C=O) groups excluding carboxylic acids is 1. The van der Waals surface area contributed by atoms with Gasteiger partial charge in [-0.25, -0.2) is 0 Å². The number of nitrogens with zero attached hydrogens (tertiary/aromatic N) is 2. The third-order valence-corrected chi connectivity index (χ3v) is 2.97. The van der Waals surface area contributed by atoms with Gasteiger partial charge in [-0.15, -0.1) is 0 Å². The fraction of sp³-hybridized carbons (Fsp3) is 0.556. The Morgan fingerprint density at radius 3 is 3.00 bits per heavy atom. The van der Waals surface area contributed by atoms with Gasteiger partial charge in [0.1, 0.15) is 6.04 Å². The quantitative estimate of drug-likeness (QED) is 0.743. The van der Waals surface area contributed by atoms with Crippen LogP contribution in [-0.2, 0) is 4.79 Å². The van der Waals surface area contributed by atoms with E-state index < -0.39 is 0 Å². The van der Waals surface area contributed by atoms with Crippen molar-refractivity contribution in [2.45, 2.75) is 31.7 Å². The zero-order valence-corrected chi connectivity index (χ0v) is 9.40. The van der Waals surface area contributed by atoms with Crippen LogP contribution in [0.1, 0.15) is 31.7 Å². The van der Waals surface area contributed by atoms with E-state index in [2.05, 4.69) is 27.7 Å². The third-order valence-electron chi connectivity index (χ3n) is 2.41. The lowest BCUT2D eigenvalue weighted by Gasteiger charge is -2.20. The van der Waals surface area contributed by atoms with Crippen LogP contribution in [0, 0.1) is 3.57 Å². The van der Waals surface area contributed by atoms with E-state index in [4.69, 9.17) is 0 Å². The van der Waals surface area contributed by atoms with Crippen LogP contribution >= 0.6 is 22.6 Å². The average Bonchev–Trinajstić information content (AvgIpc) is 2.53. The van der Waals surface area contributed by atoms with Gasteiger partial charge in [-0.1, -0.05) is 6.42 Å². The number of carbonyl (C=O) groups is 1. The zero-order chi connectivity index (χ0) is 9.26. The maximum absolute atomic E-state index is 11.5. The van der Waals surface area contributed by atoms with Gasteiger partial charge in [0, 0.05) is 12.6 Å². The predicted octanol–water partition coefficient (Wildman–Crippen LogP) is 2.17. The molecule has 0 bridgehead atoms.